The fourth-order valence-corrected chi connectivity index (χ4v) is 5.94. The number of amides is 1. The van der Waals surface area contributed by atoms with Crippen LogP contribution < -0.4 is 0 Å². The average Bonchev–Trinajstić information content (AvgIpc) is 3.12. The molecule has 1 spiro atoms. The predicted octanol–water partition coefficient (Wildman–Crippen LogP) is 7.46. The molecule has 1 atom stereocenters. The molecule has 4 rings (SSSR count). The molecule has 1 aliphatic heterocycles. The van der Waals surface area contributed by atoms with E-state index in [1.165, 1.54) is 11.6 Å². The highest BCUT2D eigenvalue weighted by Gasteiger charge is 2.51. The lowest BCUT2D eigenvalue weighted by Crippen LogP contribution is -2.54. The second-order valence-corrected chi connectivity index (χ2v) is 10.9. The van der Waals surface area contributed by atoms with Crippen LogP contribution in [0.2, 0.25) is 0 Å². The number of hydrogen-bond donors (Lipinski definition) is 0. The summed E-state index contributed by atoms with van der Waals surface area (Å²) >= 11 is 0. The van der Waals surface area contributed by atoms with Gasteiger partial charge in [-0.1, -0.05) is 63.6 Å². The number of alkyl halides is 3. The van der Waals surface area contributed by atoms with E-state index in [2.05, 4.69) is 45.0 Å². The van der Waals surface area contributed by atoms with Crippen LogP contribution in [-0.2, 0) is 23.8 Å². The minimum absolute atomic E-state index is 0.128. The van der Waals surface area contributed by atoms with Gasteiger partial charge in [0.15, 0.2) is 0 Å². The van der Waals surface area contributed by atoms with Crippen molar-refractivity contribution in [3.63, 3.8) is 0 Å². The molecule has 0 aromatic heterocycles. The van der Waals surface area contributed by atoms with Gasteiger partial charge < -0.3 is 4.90 Å². The van der Waals surface area contributed by atoms with Crippen molar-refractivity contribution in [3.8, 4) is 0 Å². The van der Waals surface area contributed by atoms with Crippen molar-refractivity contribution in [2.75, 3.05) is 0 Å². The Morgan fingerprint density at radius 1 is 1.03 bits per heavy atom. The largest absolute Gasteiger partial charge is 0.416 e. The lowest BCUT2D eigenvalue weighted by atomic mass is 9.76. The van der Waals surface area contributed by atoms with E-state index >= 15 is 0 Å². The van der Waals surface area contributed by atoms with Crippen molar-refractivity contribution in [1.82, 2.24) is 4.90 Å². The summed E-state index contributed by atoms with van der Waals surface area (Å²) in [6, 6.07) is 13.4. The summed E-state index contributed by atoms with van der Waals surface area (Å²) < 4.78 is 40.2. The SMILES string of the molecule is CCCc1ccc(CC(C)N2C(=O)C(c3cccc(C(F)(F)F)c3)=NC23CCC(C(C)C)CC3)cc1. The molecular formula is C30H37F3N2O. The molecule has 36 heavy (non-hydrogen) atoms. The number of benzene rings is 2. The molecule has 1 unspecified atom stereocenters. The number of nitrogens with zero attached hydrogens (tertiary/aromatic N) is 2. The van der Waals surface area contributed by atoms with E-state index in [0.29, 0.717) is 18.3 Å². The van der Waals surface area contributed by atoms with Crippen LogP contribution in [0.5, 0.6) is 0 Å². The van der Waals surface area contributed by atoms with Crippen molar-refractivity contribution in [3.05, 3.63) is 70.8 Å². The Hall–Kier alpha value is -2.63. The molecule has 2 aromatic rings. The molecule has 1 fully saturated rings. The number of carbonyl (C=O) groups is 1. The Balaban J connectivity index is 1.65. The quantitative estimate of drug-likeness (QED) is 0.390. The molecule has 0 radical (unpaired) electrons. The number of halogens is 3. The van der Waals surface area contributed by atoms with Crippen molar-refractivity contribution in [2.45, 2.75) is 90.5 Å². The zero-order valence-electron chi connectivity index (χ0n) is 21.7. The van der Waals surface area contributed by atoms with Gasteiger partial charge in [-0.25, -0.2) is 0 Å². The maximum atomic E-state index is 13.8. The van der Waals surface area contributed by atoms with E-state index in [1.54, 1.807) is 6.07 Å². The van der Waals surface area contributed by atoms with Crippen LogP contribution in [0.25, 0.3) is 0 Å². The summed E-state index contributed by atoms with van der Waals surface area (Å²) in [6.45, 7) is 8.65. The first-order valence-electron chi connectivity index (χ1n) is 13.2. The fourth-order valence-electron chi connectivity index (χ4n) is 5.94. The Labute approximate surface area is 212 Å². The first-order chi connectivity index (χ1) is 17.0. The van der Waals surface area contributed by atoms with Gasteiger partial charge in [0.05, 0.1) is 5.56 Å². The average molecular weight is 499 g/mol. The molecule has 1 saturated carbocycles. The standard InChI is InChI=1S/C30H37F3N2O/c1-5-7-22-10-12-23(13-11-22)18-21(4)35-28(36)27(25-8-6-9-26(19-25)30(31,32)33)34-29(35)16-14-24(15-17-29)20(2)3/h6,8-13,19-21,24H,5,7,14-18H2,1-4H3. The van der Waals surface area contributed by atoms with Gasteiger partial charge in [0.1, 0.15) is 11.4 Å². The summed E-state index contributed by atoms with van der Waals surface area (Å²) in [6.07, 6.45) is 1.73. The fraction of sp³-hybridized carbons (Fsp3) is 0.533. The second-order valence-electron chi connectivity index (χ2n) is 10.9. The maximum Gasteiger partial charge on any atom is 0.416 e. The topological polar surface area (TPSA) is 32.7 Å². The zero-order chi connectivity index (χ0) is 26.1. The molecule has 3 nitrogen and oxygen atoms in total. The van der Waals surface area contributed by atoms with Crippen LogP contribution in [0, 0.1) is 11.8 Å². The van der Waals surface area contributed by atoms with Crippen LogP contribution in [0.4, 0.5) is 13.2 Å². The number of aryl methyl sites for hydroxylation is 1. The molecule has 2 aliphatic rings. The zero-order valence-corrected chi connectivity index (χ0v) is 21.7. The Kier molecular flexibility index (Phi) is 7.63. The minimum Gasteiger partial charge on any atom is -0.309 e. The predicted molar refractivity (Wildman–Crippen MR) is 138 cm³/mol. The molecule has 1 heterocycles. The molecular weight excluding hydrogens is 461 g/mol. The van der Waals surface area contributed by atoms with Crippen molar-refractivity contribution >= 4 is 11.6 Å². The van der Waals surface area contributed by atoms with Crippen LogP contribution in [0.15, 0.2) is 53.5 Å². The van der Waals surface area contributed by atoms with E-state index in [0.717, 1.165) is 56.2 Å². The van der Waals surface area contributed by atoms with Crippen LogP contribution in [-0.4, -0.2) is 28.2 Å². The summed E-state index contributed by atoms with van der Waals surface area (Å²) in [7, 11) is 0. The van der Waals surface area contributed by atoms with Gasteiger partial charge >= 0.3 is 6.18 Å². The van der Waals surface area contributed by atoms with E-state index in [1.807, 2.05) is 11.8 Å². The van der Waals surface area contributed by atoms with E-state index in [9.17, 15) is 18.0 Å². The van der Waals surface area contributed by atoms with Gasteiger partial charge in [-0.3, -0.25) is 9.79 Å². The van der Waals surface area contributed by atoms with Gasteiger partial charge in [0.2, 0.25) is 0 Å². The highest BCUT2D eigenvalue weighted by Crippen LogP contribution is 2.45. The molecule has 0 saturated heterocycles. The Bertz CT molecular complexity index is 1100. The van der Waals surface area contributed by atoms with Crippen molar-refractivity contribution in [2.24, 2.45) is 16.8 Å². The van der Waals surface area contributed by atoms with Crippen molar-refractivity contribution < 1.29 is 18.0 Å². The van der Waals surface area contributed by atoms with Gasteiger partial charge in [-0.15, -0.1) is 0 Å². The number of aliphatic imine (C=N–C) groups is 1. The molecule has 194 valence electrons. The normalized spacial score (nSPS) is 23.4. The number of hydrogen-bond acceptors (Lipinski definition) is 2. The molecule has 1 amide bonds. The monoisotopic (exact) mass is 498 g/mol. The van der Waals surface area contributed by atoms with Crippen LogP contribution in [0.3, 0.4) is 0 Å². The molecule has 0 N–H and O–H groups in total. The lowest BCUT2D eigenvalue weighted by Gasteiger charge is -2.45. The summed E-state index contributed by atoms with van der Waals surface area (Å²) in [4.78, 5) is 20.7. The molecule has 0 bridgehead atoms. The third-order valence-corrected chi connectivity index (χ3v) is 7.96. The van der Waals surface area contributed by atoms with Crippen LogP contribution >= 0.6 is 0 Å². The first kappa shape index (κ1) is 26.4. The highest BCUT2D eigenvalue weighted by molar-refractivity contribution is 6.46. The highest BCUT2D eigenvalue weighted by atomic mass is 19.4. The Morgan fingerprint density at radius 3 is 2.25 bits per heavy atom. The van der Waals surface area contributed by atoms with Gasteiger partial charge in [0, 0.05) is 11.6 Å². The number of carbonyl (C=O) groups excluding carboxylic acids is 1. The first-order valence-corrected chi connectivity index (χ1v) is 13.2. The van der Waals surface area contributed by atoms with Gasteiger partial charge in [0.25, 0.3) is 5.91 Å². The smallest absolute Gasteiger partial charge is 0.309 e. The van der Waals surface area contributed by atoms with E-state index in [-0.39, 0.29) is 23.2 Å². The Morgan fingerprint density at radius 2 is 1.67 bits per heavy atom. The summed E-state index contributed by atoms with van der Waals surface area (Å²) in [5, 5.41) is 0. The van der Waals surface area contributed by atoms with Crippen molar-refractivity contribution in [1.29, 1.82) is 0 Å². The lowest BCUT2D eigenvalue weighted by molar-refractivity contribution is -0.137. The third-order valence-electron chi connectivity index (χ3n) is 7.96. The number of rotatable bonds is 7. The van der Waals surface area contributed by atoms with Gasteiger partial charge in [-0.05, 0) is 80.5 Å². The van der Waals surface area contributed by atoms with E-state index in [4.69, 9.17) is 4.99 Å². The molecule has 1 aliphatic carbocycles. The van der Waals surface area contributed by atoms with E-state index < -0.39 is 17.4 Å². The third kappa shape index (κ3) is 5.37. The summed E-state index contributed by atoms with van der Waals surface area (Å²) in [5.41, 5.74) is 1.41. The minimum atomic E-state index is -4.47. The summed E-state index contributed by atoms with van der Waals surface area (Å²) in [5.74, 6) is 0.869. The molecule has 6 heteroatoms. The van der Waals surface area contributed by atoms with Gasteiger partial charge in [-0.2, -0.15) is 13.2 Å². The second kappa shape index (κ2) is 10.4. The van der Waals surface area contributed by atoms with Crippen LogP contribution in [0.1, 0.15) is 82.1 Å². The maximum absolute atomic E-state index is 13.8. The molecule has 2 aromatic carbocycles.